The number of nitrogens with one attached hydrogen (secondary N) is 2. The average Bonchev–Trinajstić information content (AvgIpc) is 2.81. The number of aromatic nitrogens is 3. The molecule has 0 amide bonds. The van der Waals surface area contributed by atoms with Gasteiger partial charge in [0.25, 0.3) is 0 Å². The van der Waals surface area contributed by atoms with Gasteiger partial charge >= 0.3 is 0 Å². The van der Waals surface area contributed by atoms with Gasteiger partial charge in [-0.3, -0.25) is 0 Å². The third kappa shape index (κ3) is 2.92. The van der Waals surface area contributed by atoms with E-state index in [2.05, 4.69) is 20.3 Å². The molecule has 2 heterocycles. The Balaban J connectivity index is 0.00000133. The Morgan fingerprint density at radius 2 is 1.89 bits per heavy atom. The summed E-state index contributed by atoms with van der Waals surface area (Å²) < 4.78 is 0. The van der Waals surface area contributed by atoms with Crippen molar-refractivity contribution in [3.63, 3.8) is 0 Å². The summed E-state index contributed by atoms with van der Waals surface area (Å²) in [6, 6.07) is 9.10. The van der Waals surface area contributed by atoms with Crippen molar-refractivity contribution in [3.05, 3.63) is 46.7 Å². The van der Waals surface area contributed by atoms with Gasteiger partial charge in [-0.1, -0.05) is 23.2 Å². The maximum absolute atomic E-state index is 5.95. The number of nitrogens with zero attached hydrogens (tertiary/aromatic N) is 2. The Labute approximate surface area is 125 Å². The molecule has 2 N–H and O–H groups in total. The Bertz CT molecular complexity index is 711. The van der Waals surface area contributed by atoms with Crippen LogP contribution in [0, 0.1) is 0 Å². The summed E-state index contributed by atoms with van der Waals surface area (Å²) in [5, 5.41) is 4.17. The molecule has 3 aromatic rings. The summed E-state index contributed by atoms with van der Waals surface area (Å²) in [5.74, 6) is 0.702. The van der Waals surface area contributed by atoms with Crippen molar-refractivity contribution in [2.75, 3.05) is 5.32 Å². The molecule has 0 unspecified atom stereocenters. The predicted molar refractivity (Wildman–Crippen MR) is 80.9 cm³/mol. The molecule has 0 aliphatic carbocycles. The molecule has 7 heteroatoms. The Kier molecular flexibility index (Phi) is 4.14. The van der Waals surface area contributed by atoms with Crippen LogP contribution < -0.4 is 5.32 Å². The number of fused-ring (bicyclic) bond motifs is 1. The lowest BCUT2D eigenvalue weighted by Gasteiger charge is -2.06. The van der Waals surface area contributed by atoms with Crippen molar-refractivity contribution >= 4 is 58.3 Å². The van der Waals surface area contributed by atoms with Crippen molar-refractivity contribution in [3.8, 4) is 0 Å². The fraction of sp³-hybridized carbons (Fsp3) is 0. The second-order valence-corrected chi connectivity index (χ2v) is 4.54. The van der Waals surface area contributed by atoms with Crippen LogP contribution in [0.15, 0.2) is 36.7 Å². The lowest BCUT2D eigenvalue weighted by molar-refractivity contribution is 1.30. The molecule has 0 saturated heterocycles. The van der Waals surface area contributed by atoms with E-state index in [1.54, 1.807) is 18.5 Å². The molecule has 1 aromatic carbocycles. The van der Waals surface area contributed by atoms with E-state index in [4.69, 9.17) is 23.2 Å². The highest BCUT2D eigenvalue weighted by molar-refractivity contribution is 6.42. The molecule has 0 aliphatic heterocycles. The molecule has 0 fully saturated rings. The lowest BCUT2D eigenvalue weighted by atomic mass is 10.3. The highest BCUT2D eigenvalue weighted by atomic mass is 35.5. The monoisotopic (exact) mass is 314 g/mol. The molecule has 0 atom stereocenters. The second-order valence-electron chi connectivity index (χ2n) is 3.72. The van der Waals surface area contributed by atoms with E-state index in [0.29, 0.717) is 21.5 Å². The number of rotatable bonds is 2. The van der Waals surface area contributed by atoms with Crippen LogP contribution in [0.4, 0.5) is 11.5 Å². The van der Waals surface area contributed by atoms with Crippen molar-refractivity contribution in [1.82, 2.24) is 15.0 Å². The van der Waals surface area contributed by atoms with Gasteiger partial charge in [-0.05, 0) is 30.3 Å². The molecule has 4 nitrogen and oxygen atoms in total. The number of H-pyrrole nitrogens is 1. The molecule has 0 bridgehead atoms. The molecule has 0 radical (unpaired) electrons. The van der Waals surface area contributed by atoms with Crippen LogP contribution >= 0.6 is 35.6 Å². The van der Waals surface area contributed by atoms with Crippen molar-refractivity contribution in [1.29, 1.82) is 0 Å². The third-order valence-corrected chi connectivity index (χ3v) is 3.21. The Morgan fingerprint density at radius 3 is 2.68 bits per heavy atom. The molecule has 0 saturated carbocycles. The van der Waals surface area contributed by atoms with Crippen LogP contribution in [-0.2, 0) is 0 Å². The molecule has 98 valence electrons. The smallest absolute Gasteiger partial charge is 0.179 e. The van der Waals surface area contributed by atoms with Gasteiger partial charge in [0.1, 0.15) is 5.82 Å². The van der Waals surface area contributed by atoms with E-state index in [-0.39, 0.29) is 12.4 Å². The highest BCUT2D eigenvalue weighted by Gasteiger charge is 2.03. The molecular formula is C12H9Cl3N4. The predicted octanol–water partition coefficient (Wildman–Crippen LogP) is 4.43. The van der Waals surface area contributed by atoms with Crippen LogP contribution in [-0.4, -0.2) is 15.0 Å². The maximum atomic E-state index is 5.95. The molecule has 2 aromatic heterocycles. The molecule has 0 aliphatic rings. The summed E-state index contributed by atoms with van der Waals surface area (Å²) in [6.45, 7) is 0. The fourth-order valence-electron chi connectivity index (χ4n) is 1.61. The van der Waals surface area contributed by atoms with Gasteiger partial charge in [-0.2, -0.15) is 0 Å². The van der Waals surface area contributed by atoms with Gasteiger partial charge in [0.05, 0.1) is 21.9 Å². The van der Waals surface area contributed by atoms with Gasteiger partial charge in [0.15, 0.2) is 5.65 Å². The minimum atomic E-state index is 0. The first kappa shape index (κ1) is 13.9. The van der Waals surface area contributed by atoms with E-state index in [1.807, 2.05) is 18.2 Å². The van der Waals surface area contributed by atoms with E-state index in [1.165, 1.54) is 0 Å². The van der Waals surface area contributed by atoms with Gasteiger partial charge in [-0.25, -0.2) is 9.97 Å². The van der Waals surface area contributed by atoms with Crippen LogP contribution in [0.5, 0.6) is 0 Å². The lowest BCUT2D eigenvalue weighted by Crippen LogP contribution is -1.93. The first-order valence-corrected chi connectivity index (χ1v) is 6.00. The van der Waals surface area contributed by atoms with Gasteiger partial charge in [-0.15, -0.1) is 12.4 Å². The quantitative estimate of drug-likeness (QED) is 0.735. The van der Waals surface area contributed by atoms with Crippen molar-refractivity contribution in [2.24, 2.45) is 0 Å². The summed E-state index contributed by atoms with van der Waals surface area (Å²) >= 11 is 11.8. The van der Waals surface area contributed by atoms with E-state index in [0.717, 1.165) is 11.2 Å². The summed E-state index contributed by atoms with van der Waals surface area (Å²) in [5.41, 5.74) is 2.39. The topological polar surface area (TPSA) is 53.6 Å². The van der Waals surface area contributed by atoms with Crippen LogP contribution in [0.2, 0.25) is 10.0 Å². The zero-order valence-corrected chi connectivity index (χ0v) is 11.9. The standard InChI is InChI=1S/C12H8Cl2N4.ClH/c13-8-2-1-7(5-9(8)14)17-11-4-3-10-12(18-11)16-6-15-10;/h1-6H,(H2,15,16,17,18);1H. The van der Waals surface area contributed by atoms with Crippen molar-refractivity contribution < 1.29 is 0 Å². The molecular weight excluding hydrogens is 307 g/mol. The van der Waals surface area contributed by atoms with Crippen molar-refractivity contribution in [2.45, 2.75) is 0 Å². The number of benzene rings is 1. The zero-order chi connectivity index (χ0) is 12.5. The summed E-state index contributed by atoms with van der Waals surface area (Å²) in [4.78, 5) is 11.4. The molecule has 3 rings (SSSR count). The van der Waals surface area contributed by atoms with E-state index >= 15 is 0 Å². The zero-order valence-electron chi connectivity index (χ0n) is 9.52. The van der Waals surface area contributed by atoms with Crippen LogP contribution in [0.1, 0.15) is 0 Å². The number of hydrogen-bond acceptors (Lipinski definition) is 3. The highest BCUT2D eigenvalue weighted by Crippen LogP contribution is 2.26. The maximum Gasteiger partial charge on any atom is 0.179 e. The van der Waals surface area contributed by atoms with Gasteiger partial charge in [0.2, 0.25) is 0 Å². The van der Waals surface area contributed by atoms with Crippen LogP contribution in [0.25, 0.3) is 11.2 Å². The average molecular weight is 316 g/mol. The minimum Gasteiger partial charge on any atom is -0.343 e. The molecule has 0 spiro atoms. The number of imidazole rings is 1. The first-order valence-electron chi connectivity index (χ1n) is 5.24. The fourth-order valence-corrected chi connectivity index (χ4v) is 1.91. The number of halogens is 3. The first-order chi connectivity index (χ1) is 8.72. The summed E-state index contributed by atoms with van der Waals surface area (Å²) in [7, 11) is 0. The van der Waals surface area contributed by atoms with E-state index in [9.17, 15) is 0 Å². The minimum absolute atomic E-state index is 0. The number of hydrogen-bond donors (Lipinski definition) is 2. The number of anilines is 2. The summed E-state index contributed by atoms with van der Waals surface area (Å²) in [6.07, 6.45) is 1.61. The number of pyridine rings is 1. The van der Waals surface area contributed by atoms with Gasteiger partial charge in [0, 0.05) is 5.69 Å². The van der Waals surface area contributed by atoms with Crippen LogP contribution in [0.3, 0.4) is 0 Å². The number of aromatic amines is 1. The normalized spacial score (nSPS) is 10.2. The SMILES string of the molecule is Cl.Clc1ccc(Nc2ccc3[nH]cnc3n2)cc1Cl. The Morgan fingerprint density at radius 1 is 1.05 bits per heavy atom. The second kappa shape index (κ2) is 5.65. The Hall–Kier alpha value is -1.49. The van der Waals surface area contributed by atoms with Gasteiger partial charge < -0.3 is 10.3 Å². The largest absolute Gasteiger partial charge is 0.343 e. The van der Waals surface area contributed by atoms with E-state index < -0.39 is 0 Å². The molecule has 19 heavy (non-hydrogen) atoms. The third-order valence-electron chi connectivity index (χ3n) is 2.47.